The molecule has 0 aromatic heterocycles. The fraction of sp³-hybridized carbons (Fsp3) is 0.667. The molecule has 0 saturated heterocycles. The molecule has 0 fully saturated rings. The van der Waals surface area contributed by atoms with Crippen LogP contribution in [0.1, 0.15) is 6.42 Å². The summed E-state index contributed by atoms with van der Waals surface area (Å²) >= 11 is 0. The number of rotatable bonds is 3. The average Bonchev–Trinajstić information content (AvgIpc) is 2.02. The van der Waals surface area contributed by atoms with Gasteiger partial charge in [-0.1, -0.05) is 0 Å². The Labute approximate surface area is 72.0 Å². The van der Waals surface area contributed by atoms with Gasteiger partial charge in [0.05, 0.1) is 13.5 Å². The number of alkyl halides is 3. The number of hydrogen-bond acceptors (Lipinski definition) is 3. The highest BCUT2D eigenvalue weighted by Crippen LogP contribution is 2.13. The van der Waals surface area contributed by atoms with Crippen LogP contribution in [0, 0.1) is 0 Å². The lowest BCUT2D eigenvalue weighted by molar-refractivity contribution is -0.173. The van der Waals surface area contributed by atoms with Crippen LogP contribution in [0.25, 0.3) is 0 Å². The van der Waals surface area contributed by atoms with Crippen LogP contribution in [0.4, 0.5) is 13.2 Å². The molecule has 0 aromatic rings. The smallest absolute Gasteiger partial charge is 0.469 e. The van der Waals surface area contributed by atoms with Gasteiger partial charge in [0.1, 0.15) is 0 Å². The van der Waals surface area contributed by atoms with Crippen molar-refractivity contribution >= 4 is 11.9 Å². The predicted octanol–water partition coefficient (Wildman–Crippen LogP) is 0.228. The van der Waals surface area contributed by atoms with E-state index in [0.29, 0.717) is 0 Å². The highest BCUT2D eigenvalue weighted by Gasteiger charge is 2.38. The summed E-state index contributed by atoms with van der Waals surface area (Å²) in [4.78, 5) is 20.5. The average molecular weight is 199 g/mol. The maximum absolute atomic E-state index is 11.5. The SMILES string of the molecule is COC(=O)CCNC(=O)C(F)(F)F. The van der Waals surface area contributed by atoms with Gasteiger partial charge in [0.15, 0.2) is 0 Å². The maximum atomic E-state index is 11.5. The van der Waals surface area contributed by atoms with Gasteiger partial charge in [0.2, 0.25) is 0 Å². The third kappa shape index (κ3) is 5.05. The van der Waals surface area contributed by atoms with Crippen molar-refractivity contribution in [2.45, 2.75) is 12.6 Å². The van der Waals surface area contributed by atoms with E-state index in [0.717, 1.165) is 7.11 Å². The molecule has 76 valence electrons. The summed E-state index contributed by atoms with van der Waals surface area (Å²) in [5.41, 5.74) is 0. The van der Waals surface area contributed by atoms with Crippen LogP contribution < -0.4 is 5.32 Å². The number of carbonyl (C=O) groups excluding carboxylic acids is 2. The summed E-state index contributed by atoms with van der Waals surface area (Å²) < 4.78 is 38.7. The Balaban J connectivity index is 3.67. The number of carbonyl (C=O) groups is 2. The van der Waals surface area contributed by atoms with Gasteiger partial charge in [-0.05, 0) is 0 Å². The summed E-state index contributed by atoms with van der Waals surface area (Å²) in [5.74, 6) is -2.74. The Bertz CT molecular complexity index is 202. The molecule has 0 rings (SSSR count). The molecule has 0 unspecified atom stereocenters. The number of nitrogens with one attached hydrogen (secondary N) is 1. The lowest BCUT2D eigenvalue weighted by Gasteiger charge is -2.06. The van der Waals surface area contributed by atoms with Crippen LogP contribution in [0.3, 0.4) is 0 Å². The van der Waals surface area contributed by atoms with Gasteiger partial charge < -0.3 is 10.1 Å². The van der Waals surface area contributed by atoms with Crippen molar-refractivity contribution < 1.29 is 27.5 Å². The molecular weight excluding hydrogens is 191 g/mol. The van der Waals surface area contributed by atoms with E-state index in [4.69, 9.17) is 0 Å². The van der Waals surface area contributed by atoms with E-state index in [-0.39, 0.29) is 13.0 Å². The molecule has 0 aromatic carbocycles. The van der Waals surface area contributed by atoms with Crippen molar-refractivity contribution in [3.05, 3.63) is 0 Å². The number of halogens is 3. The maximum Gasteiger partial charge on any atom is 0.471 e. The molecule has 0 atom stereocenters. The second kappa shape index (κ2) is 4.68. The standard InChI is InChI=1S/C6H8F3NO3/c1-13-4(11)2-3-10-5(12)6(7,8)9/h2-3H2,1H3,(H,10,12). The van der Waals surface area contributed by atoms with E-state index >= 15 is 0 Å². The Hall–Kier alpha value is -1.27. The monoisotopic (exact) mass is 199 g/mol. The van der Waals surface area contributed by atoms with E-state index in [9.17, 15) is 22.8 Å². The lowest BCUT2D eigenvalue weighted by Crippen LogP contribution is -2.37. The Morgan fingerprint density at radius 2 is 1.92 bits per heavy atom. The summed E-state index contributed by atoms with van der Waals surface area (Å²) in [6.45, 7) is -0.384. The molecule has 0 aliphatic rings. The molecule has 0 saturated carbocycles. The first kappa shape index (κ1) is 11.7. The quantitative estimate of drug-likeness (QED) is 0.662. The summed E-state index contributed by atoms with van der Waals surface area (Å²) in [7, 11) is 1.11. The van der Waals surface area contributed by atoms with Crippen LogP contribution in [-0.4, -0.2) is 31.7 Å². The van der Waals surface area contributed by atoms with E-state index in [1.54, 1.807) is 0 Å². The van der Waals surface area contributed by atoms with Crippen molar-refractivity contribution in [1.82, 2.24) is 5.32 Å². The fourth-order valence-electron chi connectivity index (χ4n) is 0.480. The molecule has 7 heteroatoms. The fourth-order valence-corrected chi connectivity index (χ4v) is 0.480. The topological polar surface area (TPSA) is 55.4 Å². The first-order valence-corrected chi connectivity index (χ1v) is 3.29. The second-order valence-corrected chi connectivity index (χ2v) is 2.08. The number of esters is 1. The van der Waals surface area contributed by atoms with E-state index in [1.807, 2.05) is 0 Å². The van der Waals surface area contributed by atoms with Gasteiger partial charge in [-0.25, -0.2) is 0 Å². The highest BCUT2D eigenvalue weighted by atomic mass is 19.4. The van der Waals surface area contributed by atoms with Crippen molar-refractivity contribution in [2.24, 2.45) is 0 Å². The zero-order chi connectivity index (χ0) is 10.5. The molecule has 0 spiro atoms. The van der Waals surface area contributed by atoms with Crippen molar-refractivity contribution in [2.75, 3.05) is 13.7 Å². The minimum atomic E-state index is -4.91. The molecule has 0 bridgehead atoms. The van der Waals surface area contributed by atoms with Crippen LogP contribution in [0.5, 0.6) is 0 Å². The van der Waals surface area contributed by atoms with E-state index in [2.05, 4.69) is 4.74 Å². The van der Waals surface area contributed by atoms with Gasteiger partial charge in [-0.2, -0.15) is 13.2 Å². The number of hydrogen-bond donors (Lipinski definition) is 1. The van der Waals surface area contributed by atoms with Crippen molar-refractivity contribution in [3.8, 4) is 0 Å². The van der Waals surface area contributed by atoms with Crippen LogP contribution in [0.15, 0.2) is 0 Å². The van der Waals surface area contributed by atoms with Gasteiger partial charge in [-0.15, -0.1) is 0 Å². The molecule has 0 heterocycles. The van der Waals surface area contributed by atoms with E-state index < -0.39 is 18.1 Å². The molecule has 1 amide bonds. The molecule has 4 nitrogen and oxygen atoms in total. The molecule has 0 radical (unpaired) electrons. The largest absolute Gasteiger partial charge is 0.471 e. The van der Waals surface area contributed by atoms with Crippen molar-refractivity contribution in [3.63, 3.8) is 0 Å². The van der Waals surface area contributed by atoms with Gasteiger partial charge >= 0.3 is 18.1 Å². The zero-order valence-electron chi connectivity index (χ0n) is 6.77. The normalized spacial score (nSPS) is 10.8. The second-order valence-electron chi connectivity index (χ2n) is 2.08. The van der Waals surface area contributed by atoms with Gasteiger partial charge in [-0.3, -0.25) is 9.59 Å². The first-order valence-electron chi connectivity index (χ1n) is 3.29. The summed E-state index contributed by atoms with van der Waals surface area (Å²) in [5, 5.41) is 1.52. The molecule has 13 heavy (non-hydrogen) atoms. The summed E-state index contributed by atoms with van der Waals surface area (Å²) in [6, 6.07) is 0. The zero-order valence-corrected chi connectivity index (χ0v) is 6.77. The van der Waals surface area contributed by atoms with E-state index in [1.165, 1.54) is 5.32 Å². The Kier molecular flexibility index (Phi) is 4.22. The lowest BCUT2D eigenvalue weighted by atomic mass is 10.4. The highest BCUT2D eigenvalue weighted by molar-refractivity contribution is 5.82. The molecule has 0 aliphatic heterocycles. The third-order valence-electron chi connectivity index (χ3n) is 1.10. The Morgan fingerprint density at radius 1 is 1.38 bits per heavy atom. The van der Waals surface area contributed by atoms with Crippen molar-refractivity contribution in [1.29, 1.82) is 0 Å². The summed E-state index contributed by atoms with van der Waals surface area (Å²) in [6.07, 6.45) is -5.19. The minimum absolute atomic E-state index is 0.279. The first-order chi connectivity index (χ1) is 5.88. The molecular formula is C6H8F3NO3. The molecule has 0 aliphatic carbocycles. The van der Waals surface area contributed by atoms with Gasteiger partial charge in [0, 0.05) is 6.54 Å². The van der Waals surface area contributed by atoms with Gasteiger partial charge in [0.25, 0.3) is 0 Å². The van der Waals surface area contributed by atoms with Crippen LogP contribution in [0.2, 0.25) is 0 Å². The van der Waals surface area contributed by atoms with Crippen LogP contribution >= 0.6 is 0 Å². The Morgan fingerprint density at radius 3 is 2.31 bits per heavy atom. The number of ether oxygens (including phenoxy) is 1. The van der Waals surface area contributed by atoms with Crippen LogP contribution in [-0.2, 0) is 14.3 Å². The minimum Gasteiger partial charge on any atom is -0.469 e. The third-order valence-corrected chi connectivity index (χ3v) is 1.10. The number of amides is 1. The predicted molar refractivity (Wildman–Crippen MR) is 35.7 cm³/mol. The number of methoxy groups -OCH3 is 1. The molecule has 1 N–H and O–H groups in total.